The fourth-order valence-corrected chi connectivity index (χ4v) is 2.19. The summed E-state index contributed by atoms with van der Waals surface area (Å²) in [4.78, 5) is 20.3. The molecule has 2 rings (SSSR count). The van der Waals surface area contributed by atoms with Crippen molar-refractivity contribution in [3.8, 4) is 11.8 Å². The van der Waals surface area contributed by atoms with Crippen LogP contribution in [0.25, 0.3) is 0 Å². The van der Waals surface area contributed by atoms with Crippen LogP contribution in [0, 0.1) is 18.8 Å². The summed E-state index contributed by atoms with van der Waals surface area (Å²) in [6.45, 7) is 2.36. The van der Waals surface area contributed by atoms with Gasteiger partial charge in [0.2, 0.25) is 0 Å². The summed E-state index contributed by atoms with van der Waals surface area (Å²) >= 11 is 1.55. The van der Waals surface area contributed by atoms with Crippen molar-refractivity contribution in [3.63, 3.8) is 0 Å². The van der Waals surface area contributed by atoms with E-state index in [1.807, 2.05) is 12.3 Å². The third kappa shape index (κ3) is 4.67. The summed E-state index contributed by atoms with van der Waals surface area (Å²) in [5, 5.41) is 14.3. The van der Waals surface area contributed by atoms with Gasteiger partial charge in [0.1, 0.15) is 5.69 Å². The maximum atomic E-state index is 11.9. The number of thiazole rings is 1. The van der Waals surface area contributed by atoms with E-state index in [-0.39, 0.29) is 12.5 Å². The lowest BCUT2D eigenvalue weighted by molar-refractivity contribution is 0.0945. The minimum atomic E-state index is -0.240. The number of amides is 1. The molecule has 2 N–H and O–H groups in total. The van der Waals surface area contributed by atoms with Gasteiger partial charge < -0.3 is 10.4 Å². The van der Waals surface area contributed by atoms with E-state index < -0.39 is 0 Å². The van der Waals surface area contributed by atoms with Crippen LogP contribution in [0.2, 0.25) is 0 Å². The highest BCUT2D eigenvalue weighted by atomic mass is 32.1. The Morgan fingerprint density at radius 2 is 2.33 bits per heavy atom. The van der Waals surface area contributed by atoms with Gasteiger partial charge in [-0.1, -0.05) is 11.8 Å². The highest BCUT2D eigenvalue weighted by molar-refractivity contribution is 7.09. The molecule has 0 aliphatic carbocycles. The average Bonchev–Trinajstić information content (AvgIpc) is 2.91. The molecule has 0 saturated carbocycles. The maximum absolute atomic E-state index is 11.9. The first-order valence-electron chi connectivity index (χ1n) is 6.44. The molecular weight excluding hydrogens is 286 g/mol. The Labute approximate surface area is 127 Å². The van der Waals surface area contributed by atoms with Crippen LogP contribution >= 0.6 is 11.3 Å². The van der Waals surface area contributed by atoms with Crippen molar-refractivity contribution in [2.75, 3.05) is 6.61 Å². The predicted molar refractivity (Wildman–Crippen MR) is 80.8 cm³/mol. The lowest BCUT2D eigenvalue weighted by atomic mass is 10.2. The van der Waals surface area contributed by atoms with Gasteiger partial charge >= 0.3 is 0 Å². The number of rotatable bonds is 4. The third-order valence-electron chi connectivity index (χ3n) is 2.56. The molecule has 2 heterocycles. The Kier molecular flexibility index (Phi) is 5.43. The van der Waals surface area contributed by atoms with E-state index in [1.54, 1.807) is 29.7 Å². The second-order valence-electron chi connectivity index (χ2n) is 4.25. The molecule has 0 aromatic carbocycles. The largest absolute Gasteiger partial charge is 0.395 e. The Morgan fingerprint density at radius 1 is 1.48 bits per heavy atom. The molecule has 1 amide bonds. The quantitative estimate of drug-likeness (QED) is 0.839. The van der Waals surface area contributed by atoms with Gasteiger partial charge in [-0.05, 0) is 19.1 Å². The van der Waals surface area contributed by atoms with E-state index >= 15 is 0 Å². The summed E-state index contributed by atoms with van der Waals surface area (Å²) in [6.07, 6.45) is 1.97. The highest BCUT2D eigenvalue weighted by Gasteiger charge is 2.07. The van der Waals surface area contributed by atoms with E-state index in [2.05, 4.69) is 27.1 Å². The number of aliphatic hydroxyl groups excluding tert-OH is 1. The van der Waals surface area contributed by atoms with Gasteiger partial charge in [-0.25, -0.2) is 9.97 Å². The van der Waals surface area contributed by atoms with Gasteiger partial charge in [-0.3, -0.25) is 4.79 Å². The standard InChI is InChI=1S/C15H15N3O2S/c1-11-18-13(10-21-11)9-17-15(20)14-6-5-12(8-16-14)4-2-3-7-19/h5-6,8,10,19H,3,7,9H2,1H3,(H,17,20). The van der Waals surface area contributed by atoms with Gasteiger partial charge in [0.25, 0.3) is 5.91 Å². The highest BCUT2D eigenvalue weighted by Crippen LogP contribution is 2.07. The molecule has 0 atom stereocenters. The van der Waals surface area contributed by atoms with Crippen LogP contribution in [0.15, 0.2) is 23.7 Å². The van der Waals surface area contributed by atoms with Crippen LogP contribution in [0.3, 0.4) is 0 Å². The van der Waals surface area contributed by atoms with E-state index in [4.69, 9.17) is 5.11 Å². The number of carbonyl (C=O) groups is 1. The number of nitrogens with one attached hydrogen (secondary N) is 1. The average molecular weight is 301 g/mol. The molecule has 0 bridgehead atoms. The zero-order valence-electron chi connectivity index (χ0n) is 11.6. The molecular formula is C15H15N3O2S. The molecule has 0 aliphatic heterocycles. The van der Waals surface area contributed by atoms with Crippen molar-refractivity contribution in [2.24, 2.45) is 0 Å². The first kappa shape index (κ1) is 15.2. The topological polar surface area (TPSA) is 75.1 Å². The summed E-state index contributed by atoms with van der Waals surface area (Å²) in [7, 11) is 0. The fraction of sp³-hybridized carbons (Fsp3) is 0.267. The molecule has 6 heteroatoms. The van der Waals surface area contributed by atoms with Gasteiger partial charge in [-0.15, -0.1) is 11.3 Å². The summed E-state index contributed by atoms with van der Waals surface area (Å²) in [5.41, 5.74) is 1.90. The van der Waals surface area contributed by atoms with Gasteiger partial charge in [0, 0.05) is 23.6 Å². The number of hydrogen-bond acceptors (Lipinski definition) is 5. The second kappa shape index (κ2) is 7.53. The molecule has 0 saturated heterocycles. The number of aryl methyl sites for hydroxylation is 1. The molecule has 0 fully saturated rings. The number of pyridine rings is 1. The molecule has 108 valence electrons. The van der Waals surface area contributed by atoms with Gasteiger partial charge in [0.15, 0.2) is 0 Å². The molecule has 2 aromatic heterocycles. The van der Waals surface area contributed by atoms with E-state index in [9.17, 15) is 4.79 Å². The molecule has 0 radical (unpaired) electrons. The van der Waals surface area contributed by atoms with Crippen molar-refractivity contribution >= 4 is 17.2 Å². The molecule has 21 heavy (non-hydrogen) atoms. The zero-order valence-corrected chi connectivity index (χ0v) is 12.4. The zero-order chi connectivity index (χ0) is 15.1. The minimum absolute atomic E-state index is 0.0387. The van der Waals surface area contributed by atoms with Crippen molar-refractivity contribution in [1.82, 2.24) is 15.3 Å². The Hall–Kier alpha value is -2.23. The molecule has 5 nitrogen and oxygen atoms in total. The van der Waals surface area contributed by atoms with Crippen LogP contribution < -0.4 is 5.32 Å². The number of nitrogens with zero attached hydrogens (tertiary/aromatic N) is 2. The monoisotopic (exact) mass is 301 g/mol. The van der Waals surface area contributed by atoms with Crippen LogP contribution in [0.4, 0.5) is 0 Å². The maximum Gasteiger partial charge on any atom is 0.270 e. The smallest absolute Gasteiger partial charge is 0.270 e. The summed E-state index contributed by atoms with van der Waals surface area (Å²) < 4.78 is 0. The second-order valence-corrected chi connectivity index (χ2v) is 5.31. The van der Waals surface area contributed by atoms with Crippen LogP contribution in [0.1, 0.15) is 33.2 Å². The third-order valence-corrected chi connectivity index (χ3v) is 3.38. The first-order valence-corrected chi connectivity index (χ1v) is 7.32. The number of aliphatic hydroxyl groups is 1. The van der Waals surface area contributed by atoms with Crippen molar-refractivity contribution in [2.45, 2.75) is 19.9 Å². The normalized spacial score (nSPS) is 9.81. The van der Waals surface area contributed by atoms with Crippen molar-refractivity contribution in [3.05, 3.63) is 45.7 Å². The van der Waals surface area contributed by atoms with Gasteiger partial charge in [0.05, 0.1) is 23.9 Å². The fourth-order valence-electron chi connectivity index (χ4n) is 1.57. The molecule has 0 spiro atoms. The number of carbonyl (C=O) groups excluding carboxylic acids is 1. The Morgan fingerprint density at radius 3 is 2.95 bits per heavy atom. The number of hydrogen-bond donors (Lipinski definition) is 2. The van der Waals surface area contributed by atoms with E-state index in [1.165, 1.54) is 0 Å². The lowest BCUT2D eigenvalue weighted by Gasteiger charge is -2.02. The molecule has 0 aliphatic rings. The first-order chi connectivity index (χ1) is 10.2. The van der Waals surface area contributed by atoms with E-state index in [0.717, 1.165) is 16.3 Å². The number of aromatic nitrogens is 2. The lowest BCUT2D eigenvalue weighted by Crippen LogP contribution is -2.23. The van der Waals surface area contributed by atoms with Crippen molar-refractivity contribution < 1.29 is 9.90 Å². The van der Waals surface area contributed by atoms with Crippen LogP contribution in [0.5, 0.6) is 0 Å². The van der Waals surface area contributed by atoms with Crippen LogP contribution in [-0.4, -0.2) is 27.6 Å². The molecule has 0 unspecified atom stereocenters. The minimum Gasteiger partial charge on any atom is -0.395 e. The SMILES string of the molecule is Cc1nc(CNC(=O)c2ccc(C#CCCO)cn2)cs1. The Balaban J connectivity index is 1.92. The Bertz CT molecular complexity index is 668. The van der Waals surface area contributed by atoms with Gasteiger partial charge in [-0.2, -0.15) is 0 Å². The summed E-state index contributed by atoms with van der Waals surface area (Å²) in [6, 6.07) is 3.36. The molecule has 2 aromatic rings. The predicted octanol–water partition coefficient (Wildman–Crippen LogP) is 1.51. The van der Waals surface area contributed by atoms with Crippen molar-refractivity contribution in [1.29, 1.82) is 0 Å². The van der Waals surface area contributed by atoms with Crippen LogP contribution in [-0.2, 0) is 6.54 Å². The van der Waals surface area contributed by atoms with E-state index in [0.29, 0.717) is 18.7 Å². The summed E-state index contributed by atoms with van der Waals surface area (Å²) in [5.74, 6) is 5.42.